The average molecular weight is 669 g/mol. The third-order valence-corrected chi connectivity index (χ3v) is 8.95. The number of nitrogens with zero attached hydrogens (tertiary/aromatic N) is 2. The van der Waals surface area contributed by atoms with Gasteiger partial charge in [0.25, 0.3) is 0 Å². The van der Waals surface area contributed by atoms with Crippen molar-refractivity contribution < 1.29 is 32.3 Å². The van der Waals surface area contributed by atoms with Gasteiger partial charge in [-0.3, -0.25) is 19.3 Å². The molecule has 3 aliphatic rings. The van der Waals surface area contributed by atoms with Gasteiger partial charge in [-0.15, -0.1) is 0 Å². The number of piperazine rings is 1. The summed E-state index contributed by atoms with van der Waals surface area (Å²) in [4.78, 5) is 43.1. The van der Waals surface area contributed by atoms with Crippen molar-refractivity contribution in [2.75, 3.05) is 24.6 Å². The number of halogens is 4. The average Bonchev–Trinajstić information content (AvgIpc) is 3.99. The second-order valence-electron chi connectivity index (χ2n) is 12.3. The molecule has 1 atom stereocenters. The van der Waals surface area contributed by atoms with Crippen LogP contribution in [-0.2, 0) is 33.8 Å². The number of benzene rings is 3. The lowest BCUT2D eigenvalue weighted by molar-refractivity contribution is -0.136. The fraction of sp³-hybridized carbons (Fsp3) is 0.400. The number of hydrogen-bond acceptors (Lipinski definition) is 5. The van der Waals surface area contributed by atoms with Crippen molar-refractivity contribution in [3.05, 3.63) is 93.8 Å². The Kier molecular flexibility index (Phi) is 10.0. The summed E-state index contributed by atoms with van der Waals surface area (Å²) in [6, 6.07) is 13.8. The molecular formula is C35H36ClF3N4O4. The Balaban J connectivity index is 1.11. The van der Waals surface area contributed by atoms with Gasteiger partial charge in [-0.2, -0.15) is 4.39 Å². The van der Waals surface area contributed by atoms with Crippen molar-refractivity contribution in [3.8, 4) is 5.75 Å². The van der Waals surface area contributed by atoms with Crippen molar-refractivity contribution >= 4 is 35.0 Å². The molecular weight excluding hydrogens is 633 g/mol. The van der Waals surface area contributed by atoms with Gasteiger partial charge in [-0.05, 0) is 85.5 Å². The van der Waals surface area contributed by atoms with Crippen LogP contribution >= 0.6 is 11.6 Å². The number of carbonyl (C=O) groups is 3. The monoisotopic (exact) mass is 668 g/mol. The second-order valence-corrected chi connectivity index (χ2v) is 12.8. The van der Waals surface area contributed by atoms with Gasteiger partial charge in [0.05, 0.1) is 19.6 Å². The van der Waals surface area contributed by atoms with Gasteiger partial charge in [0.15, 0.2) is 17.4 Å². The lowest BCUT2D eigenvalue weighted by Crippen LogP contribution is -2.61. The van der Waals surface area contributed by atoms with E-state index >= 15 is 0 Å². The predicted octanol–water partition coefficient (Wildman–Crippen LogP) is 5.09. The highest BCUT2D eigenvalue weighted by Crippen LogP contribution is 2.33. The minimum atomic E-state index is -1.36. The van der Waals surface area contributed by atoms with E-state index in [2.05, 4.69) is 10.6 Å². The van der Waals surface area contributed by atoms with Crippen LogP contribution in [0.1, 0.15) is 48.8 Å². The smallest absolute Gasteiger partial charge is 0.247 e. The Bertz CT molecular complexity index is 1650. The molecule has 3 aromatic carbocycles. The first-order chi connectivity index (χ1) is 22.7. The summed E-state index contributed by atoms with van der Waals surface area (Å²) < 4.78 is 46.3. The summed E-state index contributed by atoms with van der Waals surface area (Å²) in [5, 5.41) is 6.58. The number of carbonyl (C=O) groups excluding carboxylic acids is 3. The number of amides is 3. The molecule has 1 saturated heterocycles. The molecule has 0 radical (unpaired) electrons. The van der Waals surface area contributed by atoms with E-state index in [4.69, 9.17) is 16.3 Å². The van der Waals surface area contributed by atoms with Gasteiger partial charge in [0, 0.05) is 35.9 Å². The summed E-state index contributed by atoms with van der Waals surface area (Å²) in [7, 11) is 0. The Morgan fingerprint density at radius 2 is 1.70 bits per heavy atom. The first-order valence-electron chi connectivity index (χ1n) is 15.9. The Hall–Kier alpha value is -4.09. The van der Waals surface area contributed by atoms with Crippen LogP contribution in [0.5, 0.6) is 5.75 Å². The fourth-order valence-corrected chi connectivity index (χ4v) is 5.98. The van der Waals surface area contributed by atoms with Crippen molar-refractivity contribution in [2.24, 2.45) is 0 Å². The van der Waals surface area contributed by atoms with Gasteiger partial charge in [0.2, 0.25) is 23.5 Å². The van der Waals surface area contributed by atoms with E-state index in [1.54, 1.807) is 23.1 Å². The van der Waals surface area contributed by atoms with Crippen molar-refractivity contribution in [1.82, 2.24) is 15.5 Å². The molecule has 6 rings (SSSR count). The highest BCUT2D eigenvalue weighted by atomic mass is 35.5. The molecule has 3 amide bonds. The molecule has 1 heterocycles. The number of rotatable bonds is 13. The minimum Gasteiger partial charge on any atom is -0.488 e. The normalized spacial score (nSPS) is 17.8. The molecule has 0 aromatic heterocycles. The van der Waals surface area contributed by atoms with Crippen LogP contribution in [0.3, 0.4) is 0 Å². The molecule has 0 unspecified atom stereocenters. The van der Waals surface area contributed by atoms with Gasteiger partial charge in [-0.1, -0.05) is 35.9 Å². The van der Waals surface area contributed by atoms with Crippen LogP contribution in [0, 0.1) is 17.5 Å². The lowest BCUT2D eigenvalue weighted by atomic mass is 10.0. The standard InChI is InChI=1S/C35H36ClF3N4O4/c36-27-12-5-22(17-31(44)41-24-6-7-24)16-23(27)20-42(25-10-11-25)35(46)30-18-40-19-32(45)43(30)26-8-3-21(4-9-26)2-1-15-47-34-29(38)14-13-28(37)33(34)39/h3-5,8-9,12-14,16,24-25,30,40H,1-2,6-7,10-11,15,17-20H2,(H,41,44)/t30-/m1/s1. The van der Waals surface area contributed by atoms with Gasteiger partial charge >= 0.3 is 0 Å². The molecule has 0 spiro atoms. The lowest BCUT2D eigenvalue weighted by Gasteiger charge is -2.38. The molecule has 0 bridgehead atoms. The van der Waals surface area contributed by atoms with E-state index < -0.39 is 29.2 Å². The molecule has 1 aliphatic heterocycles. The number of anilines is 1. The Labute approximate surface area is 276 Å². The molecule has 8 nitrogen and oxygen atoms in total. The zero-order valence-corrected chi connectivity index (χ0v) is 26.5. The molecule has 2 N–H and O–H groups in total. The van der Waals surface area contributed by atoms with Gasteiger partial charge in [0.1, 0.15) is 6.04 Å². The number of nitrogens with one attached hydrogen (secondary N) is 2. The van der Waals surface area contributed by atoms with Crippen LogP contribution in [-0.4, -0.2) is 60.4 Å². The van der Waals surface area contributed by atoms with Crippen molar-refractivity contribution in [1.29, 1.82) is 0 Å². The maximum atomic E-state index is 14.1. The van der Waals surface area contributed by atoms with E-state index in [-0.39, 0.29) is 62.5 Å². The largest absolute Gasteiger partial charge is 0.488 e. The molecule has 2 saturated carbocycles. The Morgan fingerprint density at radius 3 is 2.43 bits per heavy atom. The van der Waals surface area contributed by atoms with Gasteiger partial charge in [-0.25, -0.2) is 8.78 Å². The zero-order chi connectivity index (χ0) is 33.1. The van der Waals surface area contributed by atoms with E-state index in [0.29, 0.717) is 29.6 Å². The SMILES string of the molecule is O=C(Cc1ccc(Cl)c(CN(C(=O)[C@H]2CNCC(=O)N2c2ccc(CCCOc3c(F)ccc(F)c3F)cc2)C2CC2)c1)NC1CC1. The maximum Gasteiger partial charge on any atom is 0.247 e. The van der Waals surface area contributed by atoms with Crippen LogP contribution in [0.4, 0.5) is 18.9 Å². The Morgan fingerprint density at radius 1 is 0.979 bits per heavy atom. The highest BCUT2D eigenvalue weighted by Gasteiger charge is 2.41. The van der Waals surface area contributed by atoms with Crippen LogP contribution in [0.15, 0.2) is 54.6 Å². The number of ether oxygens (including phenoxy) is 1. The first-order valence-corrected chi connectivity index (χ1v) is 16.3. The van der Waals surface area contributed by atoms with Crippen molar-refractivity contribution in [2.45, 2.75) is 69.6 Å². The third-order valence-electron chi connectivity index (χ3n) is 8.58. The summed E-state index contributed by atoms with van der Waals surface area (Å²) >= 11 is 6.57. The summed E-state index contributed by atoms with van der Waals surface area (Å²) in [5.74, 6) is -4.69. The van der Waals surface area contributed by atoms with Gasteiger partial charge < -0.3 is 20.3 Å². The molecule has 248 valence electrons. The summed E-state index contributed by atoms with van der Waals surface area (Å²) in [6.45, 7) is 0.623. The summed E-state index contributed by atoms with van der Waals surface area (Å²) in [5.41, 5.74) is 3.04. The van der Waals surface area contributed by atoms with Crippen LogP contribution in [0.25, 0.3) is 0 Å². The quantitative estimate of drug-likeness (QED) is 0.196. The third kappa shape index (κ3) is 8.08. The zero-order valence-electron chi connectivity index (χ0n) is 25.7. The number of aryl methyl sites for hydroxylation is 1. The van der Waals surface area contributed by atoms with E-state index in [0.717, 1.165) is 48.4 Å². The molecule has 47 heavy (non-hydrogen) atoms. The minimum absolute atomic E-state index is 0.0243. The second kappa shape index (κ2) is 14.4. The van der Waals surface area contributed by atoms with Crippen molar-refractivity contribution in [3.63, 3.8) is 0 Å². The molecule has 12 heteroatoms. The molecule has 3 fully saturated rings. The van der Waals surface area contributed by atoms with E-state index in [1.165, 1.54) is 4.90 Å². The highest BCUT2D eigenvalue weighted by molar-refractivity contribution is 6.31. The van der Waals surface area contributed by atoms with E-state index in [1.807, 2.05) is 24.3 Å². The summed E-state index contributed by atoms with van der Waals surface area (Å²) in [6.07, 6.45) is 4.89. The fourth-order valence-electron chi connectivity index (χ4n) is 5.80. The predicted molar refractivity (Wildman–Crippen MR) is 171 cm³/mol. The topological polar surface area (TPSA) is 91.0 Å². The number of hydrogen-bond donors (Lipinski definition) is 2. The van der Waals surface area contributed by atoms with E-state index in [9.17, 15) is 27.6 Å². The molecule has 3 aromatic rings. The molecule has 2 aliphatic carbocycles. The van der Waals surface area contributed by atoms with Crippen LogP contribution in [0.2, 0.25) is 5.02 Å². The maximum absolute atomic E-state index is 14.1. The van der Waals surface area contributed by atoms with Crippen LogP contribution < -0.4 is 20.3 Å². The first kappa shape index (κ1) is 32.8.